The van der Waals surface area contributed by atoms with Crippen LogP contribution in [-0.2, 0) is 17.8 Å². The molecule has 1 N–H and O–H groups in total. The fourth-order valence-electron chi connectivity index (χ4n) is 4.48. The van der Waals surface area contributed by atoms with Crippen LogP contribution in [0.2, 0.25) is 0 Å². The maximum Gasteiger partial charge on any atom is 0.410 e. The van der Waals surface area contributed by atoms with Crippen LogP contribution in [-0.4, -0.2) is 53.7 Å². The van der Waals surface area contributed by atoms with Gasteiger partial charge in [-0.25, -0.2) is 9.78 Å². The Bertz CT molecular complexity index is 1120. The minimum atomic E-state index is -0.525. The summed E-state index contributed by atoms with van der Waals surface area (Å²) in [6.07, 6.45) is 1.54. The molecular formula is C27H36N4O4. The monoisotopic (exact) mass is 480 g/mol. The Balaban J connectivity index is 1.36. The Kier molecular flexibility index (Phi) is 6.92. The van der Waals surface area contributed by atoms with Crippen molar-refractivity contribution in [3.05, 3.63) is 52.2 Å². The predicted molar refractivity (Wildman–Crippen MR) is 135 cm³/mol. The van der Waals surface area contributed by atoms with Crippen molar-refractivity contribution >= 4 is 17.8 Å². The first-order valence-electron chi connectivity index (χ1n) is 12.2. The van der Waals surface area contributed by atoms with Crippen molar-refractivity contribution in [3.8, 4) is 5.75 Å². The van der Waals surface area contributed by atoms with Crippen LogP contribution < -0.4 is 15.0 Å². The quantitative estimate of drug-likeness (QED) is 0.685. The van der Waals surface area contributed by atoms with Crippen molar-refractivity contribution < 1.29 is 19.1 Å². The molecule has 0 atom stereocenters. The van der Waals surface area contributed by atoms with Crippen LogP contribution in [0.5, 0.6) is 5.75 Å². The number of aromatic nitrogens is 1. The molecule has 0 aliphatic carbocycles. The fraction of sp³-hybridized carbons (Fsp3) is 0.519. The SMILES string of the molecule is Cc1ccc(OC2CCN(c3nc4c(cc3C)C(=O)NC4)CC2)cc1CN(C)C(=O)OC(C)(C)C. The second kappa shape index (κ2) is 9.76. The number of amides is 2. The van der Waals surface area contributed by atoms with Gasteiger partial charge in [-0.05, 0) is 69.5 Å². The maximum atomic E-state index is 12.4. The Labute approximate surface area is 207 Å². The van der Waals surface area contributed by atoms with Gasteiger partial charge in [-0.1, -0.05) is 6.07 Å². The molecule has 8 nitrogen and oxygen atoms in total. The van der Waals surface area contributed by atoms with Gasteiger partial charge in [0.2, 0.25) is 0 Å². The number of anilines is 1. The number of carbonyl (C=O) groups is 2. The number of carbonyl (C=O) groups excluding carboxylic acids is 2. The number of nitrogens with zero attached hydrogens (tertiary/aromatic N) is 3. The van der Waals surface area contributed by atoms with Gasteiger partial charge in [0.05, 0.1) is 17.8 Å². The Hall–Kier alpha value is -3.29. The summed E-state index contributed by atoms with van der Waals surface area (Å²) in [4.78, 5) is 32.9. The molecule has 2 aromatic rings. The minimum absolute atomic E-state index is 0.0380. The third-order valence-electron chi connectivity index (χ3n) is 6.40. The Morgan fingerprint density at radius 3 is 2.57 bits per heavy atom. The zero-order valence-corrected chi connectivity index (χ0v) is 21.6. The highest BCUT2D eigenvalue weighted by atomic mass is 16.6. The van der Waals surface area contributed by atoms with Gasteiger partial charge in [-0.3, -0.25) is 4.79 Å². The zero-order valence-electron chi connectivity index (χ0n) is 21.6. The molecule has 3 heterocycles. The third-order valence-corrected chi connectivity index (χ3v) is 6.40. The predicted octanol–water partition coefficient (Wildman–Crippen LogP) is 4.36. The number of hydrogen-bond donors (Lipinski definition) is 1. The average Bonchev–Trinajstić information content (AvgIpc) is 3.14. The molecule has 35 heavy (non-hydrogen) atoms. The van der Waals surface area contributed by atoms with Crippen LogP contribution in [0.4, 0.5) is 10.6 Å². The summed E-state index contributed by atoms with van der Waals surface area (Å²) in [6.45, 7) is 12.3. The van der Waals surface area contributed by atoms with Gasteiger partial charge < -0.3 is 24.6 Å². The first-order chi connectivity index (χ1) is 16.5. The van der Waals surface area contributed by atoms with Crippen LogP contribution in [0.15, 0.2) is 24.3 Å². The van der Waals surface area contributed by atoms with Crippen LogP contribution >= 0.6 is 0 Å². The molecule has 0 saturated carbocycles. The van der Waals surface area contributed by atoms with E-state index in [1.165, 1.54) is 0 Å². The lowest BCUT2D eigenvalue weighted by atomic mass is 10.1. The van der Waals surface area contributed by atoms with E-state index in [-0.39, 0.29) is 18.1 Å². The molecule has 4 rings (SSSR count). The molecule has 2 amide bonds. The largest absolute Gasteiger partial charge is 0.490 e. The molecule has 1 fully saturated rings. The fourth-order valence-corrected chi connectivity index (χ4v) is 4.48. The number of fused-ring (bicyclic) bond motifs is 1. The van der Waals surface area contributed by atoms with E-state index in [9.17, 15) is 9.59 Å². The van der Waals surface area contributed by atoms with Gasteiger partial charge in [-0.2, -0.15) is 0 Å². The minimum Gasteiger partial charge on any atom is -0.490 e. The molecule has 188 valence electrons. The summed E-state index contributed by atoms with van der Waals surface area (Å²) in [6, 6.07) is 8.01. The summed E-state index contributed by atoms with van der Waals surface area (Å²) in [5, 5.41) is 2.84. The van der Waals surface area contributed by atoms with Gasteiger partial charge in [0, 0.05) is 39.5 Å². The van der Waals surface area contributed by atoms with E-state index in [4.69, 9.17) is 14.5 Å². The third kappa shape index (κ3) is 5.86. The molecule has 2 aliphatic rings. The van der Waals surface area contributed by atoms with E-state index in [1.807, 2.05) is 58.9 Å². The van der Waals surface area contributed by atoms with Crippen molar-refractivity contribution in [1.82, 2.24) is 15.2 Å². The van der Waals surface area contributed by atoms with Crippen molar-refractivity contribution in [2.24, 2.45) is 0 Å². The molecular weight excluding hydrogens is 444 g/mol. The summed E-state index contributed by atoms with van der Waals surface area (Å²) in [5.74, 6) is 1.74. The number of benzene rings is 1. The van der Waals surface area contributed by atoms with Crippen LogP contribution in [0, 0.1) is 13.8 Å². The highest BCUT2D eigenvalue weighted by Crippen LogP contribution is 2.28. The van der Waals surface area contributed by atoms with E-state index in [1.54, 1.807) is 11.9 Å². The van der Waals surface area contributed by atoms with Gasteiger partial charge >= 0.3 is 6.09 Å². The molecule has 1 aromatic heterocycles. The number of hydrogen-bond acceptors (Lipinski definition) is 6. The van der Waals surface area contributed by atoms with Crippen molar-refractivity contribution in [3.63, 3.8) is 0 Å². The smallest absolute Gasteiger partial charge is 0.410 e. The maximum absolute atomic E-state index is 12.4. The summed E-state index contributed by atoms with van der Waals surface area (Å²) in [5.41, 5.74) is 4.16. The van der Waals surface area contributed by atoms with Crippen molar-refractivity contribution in [2.45, 2.75) is 72.3 Å². The molecule has 0 unspecified atom stereocenters. The zero-order chi connectivity index (χ0) is 25.3. The molecule has 8 heteroatoms. The highest BCUT2D eigenvalue weighted by molar-refractivity contribution is 5.98. The molecule has 0 bridgehead atoms. The van der Waals surface area contributed by atoms with Crippen LogP contribution in [0.1, 0.15) is 66.4 Å². The second-order valence-corrected chi connectivity index (χ2v) is 10.5. The van der Waals surface area contributed by atoms with Crippen LogP contribution in [0.25, 0.3) is 0 Å². The molecule has 1 aromatic carbocycles. The molecule has 2 aliphatic heterocycles. The first-order valence-corrected chi connectivity index (χ1v) is 12.2. The number of rotatable bonds is 5. The number of aryl methyl sites for hydroxylation is 2. The number of piperidine rings is 1. The lowest BCUT2D eigenvalue weighted by Crippen LogP contribution is -2.39. The van der Waals surface area contributed by atoms with E-state index in [0.29, 0.717) is 18.7 Å². The number of pyridine rings is 1. The lowest BCUT2D eigenvalue weighted by molar-refractivity contribution is 0.0284. The first kappa shape index (κ1) is 24.8. The van der Waals surface area contributed by atoms with Gasteiger partial charge in [0.1, 0.15) is 23.3 Å². The summed E-state index contributed by atoms with van der Waals surface area (Å²) >= 11 is 0. The van der Waals surface area contributed by atoms with Crippen molar-refractivity contribution in [1.29, 1.82) is 0 Å². The summed E-state index contributed by atoms with van der Waals surface area (Å²) in [7, 11) is 1.75. The topological polar surface area (TPSA) is 84.0 Å². The number of ether oxygens (including phenoxy) is 2. The Morgan fingerprint density at radius 1 is 1.17 bits per heavy atom. The normalized spacial score (nSPS) is 16.1. The molecule has 1 saturated heterocycles. The van der Waals surface area contributed by atoms with E-state index in [2.05, 4.69) is 10.2 Å². The molecule has 0 radical (unpaired) electrons. The average molecular weight is 481 g/mol. The van der Waals surface area contributed by atoms with E-state index >= 15 is 0 Å². The highest BCUT2D eigenvalue weighted by Gasteiger charge is 2.27. The summed E-state index contributed by atoms with van der Waals surface area (Å²) < 4.78 is 11.8. The van der Waals surface area contributed by atoms with Gasteiger partial charge in [0.25, 0.3) is 5.91 Å². The molecule has 0 spiro atoms. The number of nitrogens with one attached hydrogen (secondary N) is 1. The van der Waals surface area contributed by atoms with E-state index < -0.39 is 5.60 Å². The van der Waals surface area contributed by atoms with Crippen molar-refractivity contribution in [2.75, 3.05) is 25.0 Å². The van der Waals surface area contributed by atoms with Gasteiger partial charge in [-0.15, -0.1) is 0 Å². The second-order valence-electron chi connectivity index (χ2n) is 10.5. The van der Waals surface area contributed by atoms with E-state index in [0.717, 1.165) is 59.9 Å². The Morgan fingerprint density at radius 2 is 1.89 bits per heavy atom. The van der Waals surface area contributed by atoms with Crippen LogP contribution in [0.3, 0.4) is 0 Å². The van der Waals surface area contributed by atoms with Gasteiger partial charge in [0.15, 0.2) is 0 Å². The standard InChI is InChI=1S/C27H36N4O4/c1-17-7-8-21(14-19(17)16-30(6)26(33)35-27(3,4)5)34-20-9-11-31(12-10-20)24-18(2)13-22-23(29-24)15-28-25(22)32/h7-8,13-14,20H,9-12,15-16H2,1-6H3,(H,28,32). The lowest BCUT2D eigenvalue weighted by Gasteiger charge is -2.34.